The van der Waals surface area contributed by atoms with Gasteiger partial charge in [-0.05, 0) is 37.3 Å². The zero-order valence-electron chi connectivity index (χ0n) is 17.8. The monoisotopic (exact) mass is 437 g/mol. The Morgan fingerprint density at radius 1 is 0.909 bits per heavy atom. The minimum Gasteiger partial charge on any atom is -0.454 e. The van der Waals surface area contributed by atoms with Crippen molar-refractivity contribution in [1.29, 1.82) is 0 Å². The summed E-state index contributed by atoms with van der Waals surface area (Å²) in [5, 5.41) is 5.16. The van der Waals surface area contributed by atoms with E-state index in [0.717, 1.165) is 5.56 Å². The highest BCUT2D eigenvalue weighted by Crippen LogP contribution is 2.22. The van der Waals surface area contributed by atoms with E-state index >= 15 is 0 Å². The van der Waals surface area contributed by atoms with Gasteiger partial charge in [-0.25, -0.2) is 9.78 Å². The molecule has 0 aliphatic rings. The van der Waals surface area contributed by atoms with Crippen molar-refractivity contribution in [2.24, 2.45) is 0 Å². The van der Waals surface area contributed by atoms with Gasteiger partial charge in [0.05, 0.1) is 11.1 Å². The summed E-state index contributed by atoms with van der Waals surface area (Å²) in [4.78, 5) is 30.5. The van der Waals surface area contributed by atoms with Crippen molar-refractivity contribution in [1.82, 2.24) is 14.8 Å². The number of carbonyl (C=O) groups excluding carboxylic acids is 1. The Morgan fingerprint density at radius 3 is 2.27 bits per heavy atom. The van der Waals surface area contributed by atoms with Crippen molar-refractivity contribution in [2.75, 3.05) is 0 Å². The Morgan fingerprint density at radius 2 is 1.55 bits per heavy atom. The van der Waals surface area contributed by atoms with Gasteiger partial charge in [0.2, 0.25) is 5.89 Å². The topological polar surface area (TPSA) is 87.2 Å². The van der Waals surface area contributed by atoms with Crippen LogP contribution in [0.2, 0.25) is 0 Å². The van der Waals surface area contributed by atoms with E-state index in [-0.39, 0.29) is 17.9 Å². The highest BCUT2D eigenvalue weighted by Gasteiger charge is 2.20. The van der Waals surface area contributed by atoms with Crippen molar-refractivity contribution < 1.29 is 13.9 Å². The number of rotatable bonds is 5. The molecule has 0 radical (unpaired) electrons. The molecule has 0 amide bonds. The van der Waals surface area contributed by atoms with Gasteiger partial charge in [0.25, 0.3) is 5.56 Å². The lowest BCUT2D eigenvalue weighted by Crippen LogP contribution is -2.25. The van der Waals surface area contributed by atoms with Crippen LogP contribution in [0.5, 0.6) is 0 Å². The fourth-order valence-electron chi connectivity index (χ4n) is 3.55. The molecule has 0 saturated carbocycles. The van der Waals surface area contributed by atoms with Gasteiger partial charge in [-0.3, -0.25) is 4.79 Å². The summed E-state index contributed by atoms with van der Waals surface area (Å²) in [7, 11) is 0. The molecule has 0 saturated heterocycles. The van der Waals surface area contributed by atoms with Gasteiger partial charge in [-0.2, -0.15) is 9.78 Å². The van der Waals surface area contributed by atoms with Crippen LogP contribution in [0.25, 0.3) is 27.9 Å². The molecule has 0 aliphatic carbocycles. The second-order valence-electron chi connectivity index (χ2n) is 7.41. The Balaban J connectivity index is 1.48. The van der Waals surface area contributed by atoms with Gasteiger partial charge in [0.15, 0.2) is 5.69 Å². The van der Waals surface area contributed by atoms with Gasteiger partial charge >= 0.3 is 5.97 Å². The zero-order chi connectivity index (χ0) is 22.8. The second-order valence-corrected chi connectivity index (χ2v) is 7.41. The number of benzene rings is 3. The molecule has 7 nitrogen and oxygen atoms in total. The van der Waals surface area contributed by atoms with Gasteiger partial charge in [-0.1, -0.05) is 54.6 Å². The Labute approximate surface area is 188 Å². The predicted molar refractivity (Wildman–Crippen MR) is 123 cm³/mol. The van der Waals surface area contributed by atoms with E-state index in [9.17, 15) is 9.59 Å². The molecule has 2 heterocycles. The third-order valence-electron chi connectivity index (χ3n) is 5.25. The lowest BCUT2D eigenvalue weighted by atomic mass is 10.1. The summed E-state index contributed by atoms with van der Waals surface area (Å²) in [5.74, 6) is 0.369. The Hall–Kier alpha value is -4.52. The number of aryl methyl sites for hydroxylation is 1. The number of esters is 1. The molecule has 2 aromatic heterocycles. The molecule has 0 bridgehead atoms. The minimum absolute atomic E-state index is 0.0542. The number of nitrogens with zero attached hydrogens (tertiary/aromatic N) is 3. The van der Waals surface area contributed by atoms with Gasteiger partial charge in [-0.15, -0.1) is 0 Å². The first-order valence-electron chi connectivity index (χ1n) is 10.4. The molecule has 3 aromatic carbocycles. The summed E-state index contributed by atoms with van der Waals surface area (Å²) in [6.45, 7) is 1.69. The highest BCUT2D eigenvalue weighted by molar-refractivity contribution is 6.02. The number of fused-ring (bicyclic) bond motifs is 1. The molecular formula is C26H19N3O4. The first-order valence-corrected chi connectivity index (χ1v) is 10.4. The SMILES string of the molecule is Cc1oc(-c2ccccc2)nc1COC(=O)c1nn(-c2ccccc2)c(=O)c2ccccc12. The Bertz CT molecular complexity index is 1510. The summed E-state index contributed by atoms with van der Waals surface area (Å²) in [6, 6.07) is 25.3. The summed E-state index contributed by atoms with van der Waals surface area (Å²) >= 11 is 0. The molecular weight excluding hydrogens is 418 g/mol. The van der Waals surface area contributed by atoms with Crippen LogP contribution in [0, 0.1) is 6.92 Å². The molecule has 0 atom stereocenters. The molecule has 0 N–H and O–H groups in total. The quantitative estimate of drug-likeness (QED) is 0.370. The van der Waals surface area contributed by atoms with Crippen LogP contribution in [-0.4, -0.2) is 20.7 Å². The van der Waals surface area contributed by atoms with Crippen molar-refractivity contribution in [3.63, 3.8) is 0 Å². The number of para-hydroxylation sites is 1. The lowest BCUT2D eigenvalue weighted by Gasteiger charge is -2.10. The van der Waals surface area contributed by atoms with Gasteiger partial charge < -0.3 is 9.15 Å². The first-order chi connectivity index (χ1) is 16.1. The molecule has 162 valence electrons. The van der Waals surface area contributed by atoms with Crippen LogP contribution in [0.4, 0.5) is 0 Å². The van der Waals surface area contributed by atoms with Gasteiger partial charge in [0.1, 0.15) is 18.1 Å². The fourth-order valence-corrected chi connectivity index (χ4v) is 3.55. The molecule has 0 aliphatic heterocycles. The minimum atomic E-state index is -0.653. The van der Waals surface area contributed by atoms with Crippen molar-refractivity contribution in [3.05, 3.63) is 112 Å². The summed E-state index contributed by atoms with van der Waals surface area (Å²) in [6.07, 6.45) is 0. The fraction of sp³-hybridized carbons (Fsp3) is 0.0769. The first kappa shape index (κ1) is 20.4. The maximum Gasteiger partial charge on any atom is 0.359 e. The number of carbonyl (C=O) groups is 1. The van der Waals surface area contributed by atoms with E-state index in [1.165, 1.54) is 4.68 Å². The summed E-state index contributed by atoms with van der Waals surface area (Å²) in [5.41, 5.74) is 1.65. The molecule has 0 unspecified atom stereocenters. The van der Waals surface area contributed by atoms with Crippen molar-refractivity contribution >= 4 is 16.7 Å². The van der Waals surface area contributed by atoms with E-state index in [0.29, 0.717) is 33.8 Å². The van der Waals surface area contributed by atoms with Crippen LogP contribution >= 0.6 is 0 Å². The van der Waals surface area contributed by atoms with Crippen LogP contribution in [0.15, 0.2) is 94.1 Å². The molecule has 5 aromatic rings. The van der Waals surface area contributed by atoms with Crippen LogP contribution < -0.4 is 5.56 Å². The van der Waals surface area contributed by atoms with Crippen LogP contribution in [0.1, 0.15) is 21.9 Å². The molecule has 0 spiro atoms. The number of ether oxygens (including phenoxy) is 1. The van der Waals surface area contributed by atoms with E-state index in [1.807, 2.05) is 36.4 Å². The Kier molecular flexibility index (Phi) is 5.28. The molecule has 7 heteroatoms. The standard InChI is InChI=1S/C26H19N3O4/c1-17-22(27-24(33-17)18-10-4-2-5-11-18)16-32-26(31)23-20-14-8-9-15-21(20)25(30)29(28-23)19-12-6-3-7-13-19/h2-15H,16H2,1H3. The largest absolute Gasteiger partial charge is 0.454 e. The smallest absolute Gasteiger partial charge is 0.359 e. The molecule has 0 fully saturated rings. The average molecular weight is 437 g/mol. The van der Waals surface area contributed by atoms with E-state index in [4.69, 9.17) is 9.15 Å². The molecule has 33 heavy (non-hydrogen) atoms. The maximum absolute atomic E-state index is 13.1. The van der Waals surface area contributed by atoms with Crippen LogP contribution in [-0.2, 0) is 11.3 Å². The number of hydrogen-bond donors (Lipinski definition) is 0. The third-order valence-corrected chi connectivity index (χ3v) is 5.25. The zero-order valence-corrected chi connectivity index (χ0v) is 17.8. The third kappa shape index (κ3) is 3.92. The average Bonchev–Trinajstić information content (AvgIpc) is 3.24. The maximum atomic E-state index is 13.1. The summed E-state index contributed by atoms with van der Waals surface area (Å²) < 4.78 is 12.5. The normalized spacial score (nSPS) is 10.9. The molecule has 5 rings (SSSR count). The number of aromatic nitrogens is 3. The van der Waals surface area contributed by atoms with Crippen LogP contribution in [0.3, 0.4) is 0 Å². The second kappa shape index (κ2) is 8.55. The number of hydrogen-bond acceptors (Lipinski definition) is 6. The van der Waals surface area contributed by atoms with E-state index < -0.39 is 5.97 Å². The van der Waals surface area contributed by atoms with Crippen molar-refractivity contribution in [3.8, 4) is 17.1 Å². The van der Waals surface area contributed by atoms with Crippen molar-refractivity contribution in [2.45, 2.75) is 13.5 Å². The van der Waals surface area contributed by atoms with Gasteiger partial charge in [0, 0.05) is 10.9 Å². The highest BCUT2D eigenvalue weighted by atomic mass is 16.5. The van der Waals surface area contributed by atoms with E-state index in [1.54, 1.807) is 55.5 Å². The predicted octanol–water partition coefficient (Wildman–Crippen LogP) is 4.71. The number of oxazole rings is 1. The van der Waals surface area contributed by atoms with E-state index in [2.05, 4.69) is 10.1 Å². The lowest BCUT2D eigenvalue weighted by molar-refractivity contribution is 0.0460.